The van der Waals surface area contributed by atoms with Crippen molar-refractivity contribution in [2.45, 2.75) is 18.7 Å². The van der Waals surface area contributed by atoms with Crippen LogP contribution in [0.5, 0.6) is 0 Å². The zero-order chi connectivity index (χ0) is 23.4. The van der Waals surface area contributed by atoms with Crippen molar-refractivity contribution in [2.75, 3.05) is 10.0 Å². The number of hydrogen-bond acceptors (Lipinski definition) is 4. The third-order valence-corrected chi connectivity index (χ3v) is 6.39. The quantitative estimate of drug-likeness (QED) is 0.401. The number of nitrogens with one attached hydrogen (secondary N) is 2. The molecule has 1 amide bonds. The first-order valence-electron chi connectivity index (χ1n) is 10.4. The highest BCUT2D eigenvalue weighted by Crippen LogP contribution is 2.39. The number of carbonyl (C=O) groups excluding carboxylic acids is 1. The van der Waals surface area contributed by atoms with Crippen molar-refractivity contribution in [3.8, 4) is 22.3 Å². The molecule has 0 aliphatic rings. The molecule has 33 heavy (non-hydrogen) atoms. The number of benzene rings is 3. The normalized spacial score (nSPS) is 11.1. The summed E-state index contributed by atoms with van der Waals surface area (Å²) in [4.78, 5) is 16.4. The van der Waals surface area contributed by atoms with Crippen LogP contribution in [0.15, 0.2) is 95.9 Å². The Morgan fingerprint density at radius 3 is 1.97 bits per heavy atom. The van der Waals surface area contributed by atoms with Crippen LogP contribution in [0.4, 0.5) is 11.6 Å². The van der Waals surface area contributed by atoms with Crippen molar-refractivity contribution in [1.29, 1.82) is 0 Å². The van der Waals surface area contributed by atoms with Crippen molar-refractivity contribution in [3.05, 3.63) is 96.6 Å². The summed E-state index contributed by atoms with van der Waals surface area (Å²) in [6.07, 6.45) is 0. The Labute approximate surface area is 193 Å². The van der Waals surface area contributed by atoms with E-state index >= 15 is 0 Å². The third-order valence-electron chi connectivity index (χ3n) is 5.03. The number of rotatable bonds is 6. The third kappa shape index (κ3) is 5.10. The van der Waals surface area contributed by atoms with E-state index in [1.54, 1.807) is 30.3 Å². The van der Waals surface area contributed by atoms with Crippen molar-refractivity contribution in [2.24, 2.45) is 0 Å². The molecule has 4 rings (SSSR count). The molecule has 2 N–H and O–H groups in total. The number of nitrogens with zero attached hydrogens (tertiary/aromatic N) is 1. The second-order valence-electron chi connectivity index (χ2n) is 7.61. The smallest absolute Gasteiger partial charge is 0.263 e. The predicted octanol–water partition coefficient (Wildman–Crippen LogP) is 5.48. The Morgan fingerprint density at radius 2 is 1.39 bits per heavy atom. The minimum absolute atomic E-state index is 0.125. The molecule has 0 saturated heterocycles. The van der Waals surface area contributed by atoms with Gasteiger partial charge < -0.3 is 5.32 Å². The first-order chi connectivity index (χ1) is 15.8. The number of hydrogen-bond donors (Lipinski definition) is 2. The molecule has 1 aromatic heterocycles. The van der Waals surface area contributed by atoms with Gasteiger partial charge in [0, 0.05) is 12.5 Å². The zero-order valence-electron chi connectivity index (χ0n) is 18.2. The van der Waals surface area contributed by atoms with Crippen molar-refractivity contribution >= 4 is 27.6 Å². The van der Waals surface area contributed by atoms with Crippen molar-refractivity contribution in [1.82, 2.24) is 4.98 Å². The number of aromatic nitrogens is 1. The van der Waals surface area contributed by atoms with Gasteiger partial charge in [-0.25, -0.2) is 13.4 Å². The molecular formula is C26H23N3O3S. The average molecular weight is 458 g/mol. The van der Waals surface area contributed by atoms with E-state index < -0.39 is 10.0 Å². The molecule has 3 aromatic carbocycles. The largest absolute Gasteiger partial charge is 0.311 e. The molecule has 4 aromatic rings. The highest BCUT2D eigenvalue weighted by Gasteiger charge is 2.22. The van der Waals surface area contributed by atoms with Crippen LogP contribution in [-0.2, 0) is 14.8 Å². The Balaban J connectivity index is 1.95. The maximum absolute atomic E-state index is 13.2. The van der Waals surface area contributed by atoms with Crippen molar-refractivity contribution < 1.29 is 13.2 Å². The molecule has 0 fully saturated rings. The summed E-state index contributed by atoms with van der Waals surface area (Å²) < 4.78 is 29.1. The van der Waals surface area contributed by atoms with Gasteiger partial charge >= 0.3 is 0 Å². The van der Waals surface area contributed by atoms with Crippen molar-refractivity contribution in [3.63, 3.8) is 0 Å². The molecule has 0 aliphatic carbocycles. The van der Waals surface area contributed by atoms with E-state index in [1.807, 2.05) is 67.6 Å². The van der Waals surface area contributed by atoms with Gasteiger partial charge in [-0.3, -0.25) is 9.52 Å². The minimum atomic E-state index is -3.93. The maximum Gasteiger partial charge on any atom is 0.263 e. The van der Waals surface area contributed by atoms with E-state index in [1.165, 1.54) is 6.92 Å². The fourth-order valence-corrected chi connectivity index (χ4v) is 4.52. The Bertz CT molecular complexity index is 1390. The zero-order valence-corrected chi connectivity index (χ0v) is 19.1. The maximum atomic E-state index is 13.2. The summed E-state index contributed by atoms with van der Waals surface area (Å²) in [5.41, 5.74) is 3.96. The minimum Gasteiger partial charge on any atom is -0.311 e. The lowest BCUT2D eigenvalue weighted by atomic mass is 9.95. The fraction of sp³-hybridized carbons (Fsp3) is 0.0769. The van der Waals surface area contributed by atoms with Crippen LogP contribution in [0.1, 0.15) is 12.5 Å². The molecule has 6 nitrogen and oxygen atoms in total. The van der Waals surface area contributed by atoms with Crippen LogP contribution < -0.4 is 10.0 Å². The highest BCUT2D eigenvalue weighted by atomic mass is 32.2. The molecule has 0 saturated carbocycles. The summed E-state index contributed by atoms with van der Waals surface area (Å²) in [7, 11) is -3.93. The van der Waals surface area contributed by atoms with E-state index in [9.17, 15) is 13.2 Å². The lowest BCUT2D eigenvalue weighted by Crippen LogP contribution is -2.16. The summed E-state index contributed by atoms with van der Waals surface area (Å²) in [6, 6.07) is 27.3. The van der Waals surface area contributed by atoms with Gasteiger partial charge in [-0.1, -0.05) is 78.4 Å². The lowest BCUT2D eigenvalue weighted by Gasteiger charge is -2.18. The SMILES string of the molecule is CC(=O)Nc1cc(-c2ccccc2)c(-c2ccccc2)c(NS(=O)(=O)c2ccc(C)cc2)n1. The first kappa shape index (κ1) is 22.2. The van der Waals surface area contributed by atoms with Gasteiger partial charge in [0.1, 0.15) is 5.82 Å². The highest BCUT2D eigenvalue weighted by molar-refractivity contribution is 7.92. The molecule has 0 aliphatic heterocycles. The molecule has 0 radical (unpaired) electrons. The topological polar surface area (TPSA) is 88.2 Å². The predicted molar refractivity (Wildman–Crippen MR) is 131 cm³/mol. The monoisotopic (exact) mass is 457 g/mol. The number of carbonyl (C=O) groups is 1. The molecule has 1 heterocycles. The number of pyridine rings is 1. The second kappa shape index (κ2) is 9.26. The van der Waals surface area contributed by atoms with Crippen LogP contribution in [0.25, 0.3) is 22.3 Å². The summed E-state index contributed by atoms with van der Waals surface area (Å²) in [5, 5.41) is 2.68. The molecule has 166 valence electrons. The van der Waals surface area contributed by atoms with Gasteiger partial charge in [-0.2, -0.15) is 0 Å². The van der Waals surface area contributed by atoms with Crippen LogP contribution in [0.3, 0.4) is 0 Å². The Hall–Kier alpha value is -3.97. The second-order valence-corrected chi connectivity index (χ2v) is 9.29. The molecule has 0 spiro atoms. The standard InChI is InChI=1S/C26H23N3O3S/c1-18-13-15-22(16-14-18)33(31,32)29-26-25(21-11-7-4-8-12-21)23(20-9-5-3-6-10-20)17-24(28-26)27-19(2)30/h3-17H,1-2H3,(H2,27,28,29,30). The molecule has 0 unspecified atom stereocenters. The van der Waals surface area contributed by atoms with Gasteiger partial charge in [0.25, 0.3) is 10.0 Å². The molecule has 7 heteroatoms. The summed E-state index contributed by atoms with van der Waals surface area (Å²) in [6.45, 7) is 3.27. The molecular weight excluding hydrogens is 434 g/mol. The van der Waals surface area contributed by atoms with Gasteiger partial charge in [-0.05, 0) is 41.8 Å². The Kier molecular flexibility index (Phi) is 6.24. The van der Waals surface area contributed by atoms with Crippen LogP contribution >= 0.6 is 0 Å². The van der Waals surface area contributed by atoms with Crippen LogP contribution in [0.2, 0.25) is 0 Å². The first-order valence-corrected chi connectivity index (χ1v) is 11.8. The number of anilines is 2. The number of amides is 1. The fourth-order valence-electron chi connectivity index (χ4n) is 3.51. The van der Waals surface area contributed by atoms with E-state index in [-0.39, 0.29) is 22.4 Å². The molecule has 0 bridgehead atoms. The van der Waals surface area contributed by atoms with E-state index in [4.69, 9.17) is 0 Å². The molecule has 0 atom stereocenters. The lowest BCUT2D eigenvalue weighted by molar-refractivity contribution is -0.114. The van der Waals surface area contributed by atoms with E-state index in [2.05, 4.69) is 15.0 Å². The van der Waals surface area contributed by atoms with Crippen LogP contribution in [-0.4, -0.2) is 19.3 Å². The number of aryl methyl sites for hydroxylation is 1. The summed E-state index contributed by atoms with van der Waals surface area (Å²) in [5.74, 6) is 0.0795. The van der Waals surface area contributed by atoms with Crippen LogP contribution in [0, 0.1) is 6.92 Å². The van der Waals surface area contributed by atoms with Gasteiger partial charge in [0.05, 0.1) is 4.90 Å². The Morgan fingerprint density at radius 1 is 0.818 bits per heavy atom. The average Bonchev–Trinajstić information content (AvgIpc) is 2.79. The van der Waals surface area contributed by atoms with Gasteiger partial charge in [0.2, 0.25) is 5.91 Å². The van der Waals surface area contributed by atoms with E-state index in [0.717, 1.165) is 22.3 Å². The van der Waals surface area contributed by atoms with Gasteiger partial charge in [0.15, 0.2) is 5.82 Å². The summed E-state index contributed by atoms with van der Waals surface area (Å²) >= 11 is 0. The van der Waals surface area contributed by atoms with Gasteiger partial charge in [-0.15, -0.1) is 0 Å². The van der Waals surface area contributed by atoms with E-state index in [0.29, 0.717) is 5.56 Å². The number of sulfonamides is 1.